The Labute approximate surface area is 235 Å². The van der Waals surface area contributed by atoms with E-state index in [0.29, 0.717) is 33.5 Å². The second-order valence-electron chi connectivity index (χ2n) is 9.57. The number of pyridine rings is 1. The summed E-state index contributed by atoms with van der Waals surface area (Å²) in [6, 6.07) is 27.5. The monoisotopic (exact) mass is 554 g/mol. The molecule has 0 bridgehead atoms. The van der Waals surface area contributed by atoms with Crippen LogP contribution in [0.4, 0.5) is 5.82 Å². The van der Waals surface area contributed by atoms with Crippen LogP contribution < -0.4 is 10.5 Å². The van der Waals surface area contributed by atoms with Gasteiger partial charge in [0.15, 0.2) is 0 Å². The summed E-state index contributed by atoms with van der Waals surface area (Å²) in [5.41, 5.74) is 3.87. The number of carbonyl (C=O) groups excluding carboxylic acids is 1. The Morgan fingerprint density at radius 2 is 1.44 bits per heavy atom. The van der Waals surface area contributed by atoms with E-state index in [9.17, 15) is 9.59 Å². The normalized spacial score (nSPS) is 16.3. The summed E-state index contributed by atoms with van der Waals surface area (Å²) in [6.07, 6.45) is 3.58. The number of benzene rings is 3. The van der Waals surface area contributed by atoms with Gasteiger partial charge in [-0.25, -0.2) is 0 Å². The highest BCUT2D eigenvalue weighted by molar-refractivity contribution is 6.30. The number of halogens is 2. The van der Waals surface area contributed by atoms with Crippen LogP contribution >= 0.6 is 23.2 Å². The molecule has 0 radical (unpaired) electrons. The fourth-order valence-electron chi connectivity index (χ4n) is 5.35. The van der Waals surface area contributed by atoms with Crippen molar-refractivity contribution in [3.05, 3.63) is 140 Å². The minimum Gasteiger partial charge on any atom is -0.288 e. The first kappa shape index (κ1) is 25.2. The van der Waals surface area contributed by atoms with Gasteiger partial charge in [0.1, 0.15) is 5.82 Å². The summed E-state index contributed by atoms with van der Waals surface area (Å²) >= 11 is 12.4. The lowest BCUT2D eigenvalue weighted by molar-refractivity contribution is -0.117. The number of anilines is 1. The van der Waals surface area contributed by atoms with Crippen molar-refractivity contribution in [2.24, 2.45) is 0 Å². The van der Waals surface area contributed by atoms with Gasteiger partial charge in [0.2, 0.25) is 5.91 Å². The maximum absolute atomic E-state index is 14.2. The first-order valence-corrected chi connectivity index (χ1v) is 13.3. The maximum Gasteiger partial charge on any atom is 0.260 e. The number of carbonyl (C=O) groups is 1. The second kappa shape index (κ2) is 10.2. The molecule has 1 aliphatic rings. The van der Waals surface area contributed by atoms with Crippen LogP contribution in [0.5, 0.6) is 0 Å². The molecule has 3 heterocycles. The molecular formula is C31H24Cl2N4O2. The first-order valence-electron chi connectivity index (χ1n) is 12.5. The molecule has 5 aromatic rings. The summed E-state index contributed by atoms with van der Waals surface area (Å²) in [7, 11) is 0. The van der Waals surface area contributed by atoms with Gasteiger partial charge in [-0.3, -0.25) is 23.7 Å². The quantitative estimate of drug-likeness (QED) is 0.241. The number of aromatic nitrogens is 3. The predicted octanol–water partition coefficient (Wildman–Crippen LogP) is 6.76. The summed E-state index contributed by atoms with van der Waals surface area (Å²) in [5, 5.41) is 5.69. The van der Waals surface area contributed by atoms with Gasteiger partial charge in [0.05, 0.1) is 30.4 Å². The number of amides is 1. The van der Waals surface area contributed by atoms with Crippen molar-refractivity contribution in [3.63, 3.8) is 0 Å². The molecule has 2 atom stereocenters. The van der Waals surface area contributed by atoms with Gasteiger partial charge in [0.25, 0.3) is 5.56 Å². The van der Waals surface area contributed by atoms with Crippen molar-refractivity contribution in [1.82, 2.24) is 14.3 Å². The SMILES string of the molecule is CC(=O)N1c2ccc(-c3cnn(Cc4ccccc4)c3)c(=O)n2[C@@H](c2ccc(Cl)cc2)[C@H]1c1ccc(Cl)cc1. The molecule has 8 heteroatoms. The third kappa shape index (κ3) is 4.67. The van der Waals surface area contributed by atoms with Crippen molar-refractivity contribution in [1.29, 1.82) is 0 Å². The van der Waals surface area contributed by atoms with E-state index in [4.69, 9.17) is 23.2 Å². The van der Waals surface area contributed by atoms with Crippen molar-refractivity contribution >= 4 is 34.9 Å². The zero-order valence-corrected chi connectivity index (χ0v) is 22.5. The number of rotatable bonds is 5. The van der Waals surface area contributed by atoms with E-state index in [1.807, 2.05) is 71.5 Å². The topological polar surface area (TPSA) is 60.1 Å². The third-order valence-electron chi connectivity index (χ3n) is 7.09. The third-order valence-corrected chi connectivity index (χ3v) is 7.60. The predicted molar refractivity (Wildman–Crippen MR) is 154 cm³/mol. The van der Waals surface area contributed by atoms with E-state index in [1.54, 1.807) is 46.0 Å². The van der Waals surface area contributed by atoms with Crippen LogP contribution in [0, 0.1) is 0 Å². The van der Waals surface area contributed by atoms with Crippen LogP contribution in [-0.4, -0.2) is 20.3 Å². The van der Waals surface area contributed by atoms with Gasteiger partial charge in [-0.05, 0) is 53.1 Å². The summed E-state index contributed by atoms with van der Waals surface area (Å²) in [5.74, 6) is 0.371. The van der Waals surface area contributed by atoms with Crippen LogP contribution in [-0.2, 0) is 11.3 Å². The highest BCUT2D eigenvalue weighted by atomic mass is 35.5. The molecule has 0 aliphatic carbocycles. The molecule has 0 saturated carbocycles. The zero-order chi connectivity index (χ0) is 27.1. The fraction of sp³-hybridized carbons (Fsp3) is 0.129. The molecule has 0 unspecified atom stereocenters. The fourth-order valence-corrected chi connectivity index (χ4v) is 5.60. The Hall–Kier alpha value is -4.13. The Bertz CT molecular complexity index is 1710. The molecule has 6 rings (SSSR count). The molecule has 1 aliphatic heterocycles. The molecule has 1 amide bonds. The average molecular weight is 555 g/mol. The van der Waals surface area contributed by atoms with E-state index in [-0.39, 0.29) is 11.5 Å². The van der Waals surface area contributed by atoms with Crippen molar-refractivity contribution < 1.29 is 4.79 Å². The van der Waals surface area contributed by atoms with Gasteiger partial charge < -0.3 is 0 Å². The number of nitrogens with zero attached hydrogens (tertiary/aromatic N) is 4. The molecule has 2 aromatic heterocycles. The molecule has 0 fully saturated rings. The molecule has 39 heavy (non-hydrogen) atoms. The smallest absolute Gasteiger partial charge is 0.260 e. The van der Waals surface area contributed by atoms with E-state index in [2.05, 4.69) is 5.10 Å². The van der Waals surface area contributed by atoms with Crippen LogP contribution in [0.25, 0.3) is 11.1 Å². The first-order chi connectivity index (χ1) is 18.9. The van der Waals surface area contributed by atoms with Crippen LogP contribution in [0.1, 0.15) is 35.7 Å². The van der Waals surface area contributed by atoms with Gasteiger partial charge in [-0.1, -0.05) is 77.8 Å². The second-order valence-corrected chi connectivity index (χ2v) is 10.4. The Morgan fingerprint density at radius 1 is 0.821 bits per heavy atom. The lowest BCUT2D eigenvalue weighted by Crippen LogP contribution is -2.31. The lowest BCUT2D eigenvalue weighted by Gasteiger charge is -2.27. The van der Waals surface area contributed by atoms with E-state index in [0.717, 1.165) is 16.7 Å². The standard InChI is InChI=1S/C31H24Cl2N4O2/c1-20(38)36-28-16-15-27(24-17-34-35(19-24)18-21-5-3-2-4-6-21)31(39)37(28)30(23-9-13-26(33)14-10-23)29(36)22-7-11-25(32)12-8-22/h2-17,19,29-30H,18H2,1H3/t29-,30+/m1/s1. The number of fused-ring (bicyclic) bond motifs is 1. The summed E-state index contributed by atoms with van der Waals surface area (Å²) in [6.45, 7) is 2.11. The average Bonchev–Trinajstić information content (AvgIpc) is 3.53. The highest BCUT2D eigenvalue weighted by Crippen LogP contribution is 2.47. The number of hydrogen-bond donors (Lipinski definition) is 0. The molecule has 0 spiro atoms. The van der Waals surface area contributed by atoms with Crippen molar-refractivity contribution in [2.75, 3.05) is 4.90 Å². The van der Waals surface area contributed by atoms with Gasteiger partial charge in [0, 0.05) is 28.7 Å². The highest BCUT2D eigenvalue weighted by Gasteiger charge is 2.43. The van der Waals surface area contributed by atoms with Gasteiger partial charge in [-0.15, -0.1) is 0 Å². The Balaban J connectivity index is 1.50. The molecule has 0 N–H and O–H groups in total. The van der Waals surface area contributed by atoms with Gasteiger partial charge >= 0.3 is 0 Å². The zero-order valence-electron chi connectivity index (χ0n) is 21.0. The van der Waals surface area contributed by atoms with Crippen molar-refractivity contribution in [2.45, 2.75) is 25.6 Å². The largest absolute Gasteiger partial charge is 0.288 e. The Morgan fingerprint density at radius 3 is 2.05 bits per heavy atom. The van der Waals surface area contributed by atoms with Gasteiger partial charge in [-0.2, -0.15) is 5.10 Å². The molecule has 6 nitrogen and oxygen atoms in total. The molecule has 0 saturated heterocycles. The number of hydrogen-bond acceptors (Lipinski definition) is 3. The molecule has 3 aromatic carbocycles. The summed E-state index contributed by atoms with van der Waals surface area (Å²) < 4.78 is 3.53. The molecular weight excluding hydrogens is 531 g/mol. The van der Waals surface area contributed by atoms with E-state index >= 15 is 0 Å². The molecule has 194 valence electrons. The van der Waals surface area contributed by atoms with E-state index < -0.39 is 12.1 Å². The minimum atomic E-state index is -0.478. The lowest BCUT2D eigenvalue weighted by atomic mass is 9.93. The minimum absolute atomic E-state index is 0.164. The summed E-state index contributed by atoms with van der Waals surface area (Å²) in [4.78, 5) is 29.0. The van der Waals surface area contributed by atoms with Crippen molar-refractivity contribution in [3.8, 4) is 11.1 Å². The van der Waals surface area contributed by atoms with Crippen LogP contribution in [0.15, 0.2) is 108 Å². The van der Waals surface area contributed by atoms with E-state index in [1.165, 1.54) is 6.92 Å². The van der Waals surface area contributed by atoms with Crippen LogP contribution in [0.2, 0.25) is 10.0 Å². The van der Waals surface area contributed by atoms with Crippen LogP contribution in [0.3, 0.4) is 0 Å². The maximum atomic E-state index is 14.2. The Kier molecular flexibility index (Phi) is 6.59.